The number of nitrogens with zero attached hydrogens (tertiary/aromatic N) is 7. The van der Waals surface area contributed by atoms with Crippen LogP contribution in [0.3, 0.4) is 0 Å². The molecule has 1 saturated heterocycles. The SMILES string of the molecule is CN(CCCCOCCCCc1ccc2c(c1)n(C)c(=O)n2C1CCC(=O)NC1=O)C(=O)c1ccc(-n2cc(NC(=O)c3coc(-c4ccnc(CCC(F)(F)F)c4)n3)c(C(N)=O)n2)cc1. The number of imidazole rings is 1. The zero-order valence-corrected chi connectivity index (χ0v) is 36.1. The molecule has 0 radical (unpaired) electrons. The van der Waals surface area contributed by atoms with Gasteiger partial charge < -0.3 is 25.1 Å². The van der Waals surface area contributed by atoms with Crippen molar-refractivity contribution in [3.8, 4) is 17.1 Å². The molecule has 18 nitrogen and oxygen atoms in total. The van der Waals surface area contributed by atoms with Gasteiger partial charge in [-0.25, -0.2) is 14.5 Å². The van der Waals surface area contributed by atoms with Gasteiger partial charge in [0, 0.05) is 69.7 Å². The summed E-state index contributed by atoms with van der Waals surface area (Å²) < 4.78 is 53.6. The molecule has 66 heavy (non-hydrogen) atoms. The van der Waals surface area contributed by atoms with Crippen molar-refractivity contribution in [1.29, 1.82) is 0 Å². The van der Waals surface area contributed by atoms with Crippen LogP contribution in [0, 0.1) is 0 Å². The molecule has 0 saturated carbocycles. The maximum Gasteiger partial charge on any atom is 0.389 e. The Morgan fingerprint density at radius 1 is 0.985 bits per heavy atom. The normalized spacial score (nSPS) is 14.1. The fraction of sp³-hybridized carbons (Fsp3) is 0.356. The van der Waals surface area contributed by atoms with Crippen molar-refractivity contribution >= 4 is 46.3 Å². The van der Waals surface area contributed by atoms with Crippen molar-refractivity contribution in [3.63, 3.8) is 0 Å². The molecule has 5 amide bonds. The van der Waals surface area contributed by atoms with Gasteiger partial charge in [-0.15, -0.1) is 0 Å². The average Bonchev–Trinajstić information content (AvgIpc) is 4.02. The lowest BCUT2D eigenvalue weighted by Gasteiger charge is -2.21. The van der Waals surface area contributed by atoms with Crippen molar-refractivity contribution in [2.45, 2.75) is 70.0 Å². The molecule has 21 heteroatoms. The van der Waals surface area contributed by atoms with Gasteiger partial charge >= 0.3 is 11.9 Å². The zero-order chi connectivity index (χ0) is 47.1. The summed E-state index contributed by atoms with van der Waals surface area (Å²) in [6.45, 7) is 1.63. The first-order chi connectivity index (χ1) is 31.6. The highest BCUT2D eigenvalue weighted by Gasteiger charge is 2.31. The molecule has 4 aromatic heterocycles. The van der Waals surface area contributed by atoms with E-state index in [0.717, 1.165) is 49.4 Å². The zero-order valence-electron chi connectivity index (χ0n) is 36.1. The summed E-state index contributed by atoms with van der Waals surface area (Å²) in [5.41, 5.74) is 8.62. The molecular weight excluding hydrogens is 866 g/mol. The number of carbonyl (C=O) groups excluding carboxylic acids is 5. The van der Waals surface area contributed by atoms with Crippen molar-refractivity contribution < 1.29 is 46.3 Å². The minimum atomic E-state index is -4.35. The monoisotopic (exact) mass is 912 g/mol. The minimum Gasteiger partial charge on any atom is -0.444 e. The highest BCUT2D eigenvalue weighted by Crippen LogP contribution is 2.27. The Morgan fingerprint density at radius 3 is 2.47 bits per heavy atom. The number of nitrogens with two attached hydrogens (primary N) is 1. The number of primary amides is 1. The van der Waals surface area contributed by atoms with Gasteiger partial charge in [-0.05, 0) is 99.0 Å². The van der Waals surface area contributed by atoms with Gasteiger partial charge in [0.2, 0.25) is 17.7 Å². The Bertz CT molecular complexity index is 2830. The lowest BCUT2D eigenvalue weighted by molar-refractivity contribution is -0.136. The average molecular weight is 913 g/mol. The number of hydrogen-bond acceptors (Lipinski definition) is 11. The number of oxazole rings is 1. The van der Waals surface area contributed by atoms with Crippen molar-refractivity contribution in [2.24, 2.45) is 12.8 Å². The summed E-state index contributed by atoms with van der Waals surface area (Å²) in [4.78, 5) is 85.4. The first-order valence-corrected chi connectivity index (χ1v) is 21.2. The van der Waals surface area contributed by atoms with Crippen LogP contribution in [-0.2, 0) is 34.2 Å². The van der Waals surface area contributed by atoms with Gasteiger partial charge in [0.05, 0.1) is 28.6 Å². The number of unbranched alkanes of at least 4 members (excludes halogenated alkanes) is 2. The van der Waals surface area contributed by atoms with E-state index in [1.807, 2.05) is 18.2 Å². The van der Waals surface area contributed by atoms with E-state index in [1.165, 1.54) is 38.3 Å². The first-order valence-electron chi connectivity index (χ1n) is 21.2. The number of aryl methyl sites for hydroxylation is 3. The van der Waals surface area contributed by atoms with Gasteiger partial charge in [0.1, 0.15) is 12.3 Å². The number of rotatable bonds is 19. The van der Waals surface area contributed by atoms with E-state index in [1.54, 1.807) is 43.3 Å². The maximum absolute atomic E-state index is 13.2. The van der Waals surface area contributed by atoms with E-state index in [4.69, 9.17) is 14.9 Å². The van der Waals surface area contributed by atoms with Crippen LogP contribution >= 0.6 is 0 Å². The van der Waals surface area contributed by atoms with Gasteiger partial charge in [0.15, 0.2) is 11.4 Å². The van der Waals surface area contributed by atoms with E-state index < -0.39 is 36.4 Å². The van der Waals surface area contributed by atoms with Crippen LogP contribution in [0.5, 0.6) is 0 Å². The van der Waals surface area contributed by atoms with Crippen LogP contribution in [0.25, 0.3) is 28.2 Å². The summed E-state index contributed by atoms with van der Waals surface area (Å²) in [7, 11) is 3.39. The molecule has 1 aliphatic heterocycles. The number of anilines is 1. The summed E-state index contributed by atoms with van der Waals surface area (Å²) in [5, 5.41) is 9.09. The Morgan fingerprint density at radius 2 is 1.74 bits per heavy atom. The molecule has 5 heterocycles. The van der Waals surface area contributed by atoms with E-state index in [2.05, 4.69) is 25.7 Å². The number of imide groups is 1. The minimum absolute atomic E-state index is 0.0233. The number of hydrogen-bond donors (Lipinski definition) is 3. The number of piperidine rings is 1. The second-order valence-electron chi connectivity index (χ2n) is 15.9. The summed E-state index contributed by atoms with van der Waals surface area (Å²) in [5.74, 6) is -2.71. The number of aromatic nitrogens is 6. The lowest BCUT2D eigenvalue weighted by Crippen LogP contribution is -2.44. The van der Waals surface area contributed by atoms with E-state index in [-0.39, 0.29) is 65.4 Å². The van der Waals surface area contributed by atoms with Gasteiger partial charge in [-0.1, -0.05) is 6.07 Å². The van der Waals surface area contributed by atoms with Crippen molar-refractivity contribution in [3.05, 3.63) is 112 Å². The number of fused-ring (bicyclic) bond motifs is 1. The number of benzene rings is 2. The molecular formula is C45H47F3N10O8. The second-order valence-corrected chi connectivity index (χ2v) is 15.9. The third kappa shape index (κ3) is 11.1. The first kappa shape index (κ1) is 46.6. The molecule has 1 unspecified atom stereocenters. The molecule has 7 rings (SSSR count). The number of ether oxygens (including phenoxy) is 1. The quantitative estimate of drug-likeness (QED) is 0.0698. The third-order valence-corrected chi connectivity index (χ3v) is 11.1. The molecule has 0 bridgehead atoms. The number of carbonyl (C=O) groups is 5. The fourth-order valence-corrected chi connectivity index (χ4v) is 7.56. The smallest absolute Gasteiger partial charge is 0.389 e. The van der Waals surface area contributed by atoms with Crippen molar-refractivity contribution in [1.82, 2.24) is 39.1 Å². The summed E-state index contributed by atoms with van der Waals surface area (Å²) >= 11 is 0. The molecule has 2 aromatic carbocycles. The van der Waals surface area contributed by atoms with Gasteiger partial charge in [-0.3, -0.25) is 43.4 Å². The van der Waals surface area contributed by atoms with E-state index in [9.17, 15) is 41.9 Å². The molecule has 1 fully saturated rings. The standard InChI is InChI=1S/C45H47F3N10O8/c1-55(20-4-6-22-65-21-5-3-7-27-8-13-34-36(23-27)56(2)44(64)58(34)35-14-15-37(59)53-41(35)62)43(63)28-9-11-31(12-10-28)57-25-32(38(54-57)39(49)60)51-40(61)33-26-66-42(52-33)29-17-19-50-30(24-29)16-18-45(46,47)48/h8-13,17,19,23-26,35H,3-7,14-16,18,20-22H2,1-2H3,(H2,49,60)(H,51,61)(H,53,59,62). The summed E-state index contributed by atoms with van der Waals surface area (Å²) in [6, 6.07) is 14.4. The second kappa shape index (κ2) is 20.2. The van der Waals surface area contributed by atoms with Crippen LogP contribution in [0.15, 0.2) is 82.5 Å². The number of nitrogens with one attached hydrogen (secondary N) is 2. The number of amides is 5. The predicted molar refractivity (Wildman–Crippen MR) is 233 cm³/mol. The van der Waals surface area contributed by atoms with Crippen molar-refractivity contribution in [2.75, 3.05) is 32.1 Å². The van der Waals surface area contributed by atoms with Crippen LogP contribution in [0.4, 0.5) is 18.9 Å². The third-order valence-electron chi connectivity index (χ3n) is 11.1. The molecule has 1 atom stereocenters. The Kier molecular flexibility index (Phi) is 14.2. The fourth-order valence-electron chi connectivity index (χ4n) is 7.56. The lowest BCUT2D eigenvalue weighted by atomic mass is 10.0. The van der Waals surface area contributed by atoms with Crippen LogP contribution < -0.4 is 22.1 Å². The van der Waals surface area contributed by atoms with Gasteiger partial charge in [0.25, 0.3) is 17.7 Å². The maximum atomic E-state index is 13.2. The van der Waals surface area contributed by atoms with E-state index in [0.29, 0.717) is 42.1 Å². The molecule has 4 N–H and O–H groups in total. The highest BCUT2D eigenvalue weighted by atomic mass is 19.4. The molecule has 1 aliphatic rings. The Balaban J connectivity index is 0.833. The largest absolute Gasteiger partial charge is 0.444 e. The summed E-state index contributed by atoms with van der Waals surface area (Å²) in [6.07, 6.45) is 2.45. The highest BCUT2D eigenvalue weighted by molar-refractivity contribution is 6.07. The number of alkyl halides is 3. The predicted octanol–water partition coefficient (Wildman–Crippen LogP) is 5.29. The Labute approximate surface area is 374 Å². The molecule has 0 aliphatic carbocycles. The van der Waals surface area contributed by atoms with Gasteiger partial charge in [-0.2, -0.15) is 18.3 Å². The molecule has 6 aromatic rings. The number of halogens is 3. The van der Waals surface area contributed by atoms with Crippen LogP contribution in [0.1, 0.15) is 93.6 Å². The van der Waals surface area contributed by atoms with E-state index >= 15 is 0 Å². The van der Waals surface area contributed by atoms with Crippen LogP contribution in [-0.4, -0.2) is 96.3 Å². The topological polar surface area (TPSA) is 232 Å². The molecule has 346 valence electrons. The van der Waals surface area contributed by atoms with Crippen LogP contribution in [0.2, 0.25) is 0 Å². The Hall–Kier alpha value is -7.42. The molecule has 0 spiro atoms. The number of pyridine rings is 1.